The molecule has 2 aliphatic carbocycles. The molecule has 0 aliphatic heterocycles. The van der Waals surface area contributed by atoms with Gasteiger partial charge >= 0.3 is 23.2 Å². The van der Waals surface area contributed by atoms with Crippen LogP contribution in [0.3, 0.4) is 0 Å². The third-order valence-electron chi connectivity index (χ3n) is 3.26. The standard InChI is InChI=1S/C14H21N2O4.C5H5.Fe/c1-3-20-14(19)16(8-9-17)15-13(10-11(2)18)12-6-4-5-7-12;1-2-4-5-3-1;/h4-7,13,15,17H,3,8-10H2,1-2H3;1-5H;/q;;+2. The van der Waals surface area contributed by atoms with E-state index in [1.54, 1.807) is 6.92 Å². The summed E-state index contributed by atoms with van der Waals surface area (Å²) in [6, 6.07) is -0.321. The molecule has 0 aromatic carbocycles. The van der Waals surface area contributed by atoms with Crippen molar-refractivity contribution in [2.75, 3.05) is 19.8 Å². The Bertz CT molecular complexity index is 378. The number of ether oxygens (including phenoxy) is 1. The van der Waals surface area contributed by atoms with Gasteiger partial charge in [0, 0.05) is 18.4 Å². The summed E-state index contributed by atoms with van der Waals surface area (Å²) in [4.78, 5) is 23.1. The molecule has 7 heteroatoms. The Morgan fingerprint density at radius 2 is 1.65 bits per heavy atom. The van der Waals surface area contributed by atoms with E-state index in [0.29, 0.717) is 0 Å². The van der Waals surface area contributed by atoms with Crippen molar-refractivity contribution < 1.29 is 36.5 Å². The van der Waals surface area contributed by atoms with Crippen LogP contribution in [-0.2, 0) is 26.6 Å². The number of ketones is 1. The van der Waals surface area contributed by atoms with Crippen LogP contribution >= 0.6 is 0 Å². The van der Waals surface area contributed by atoms with Crippen LogP contribution in [0.4, 0.5) is 4.79 Å². The molecule has 26 heavy (non-hydrogen) atoms. The van der Waals surface area contributed by atoms with Crippen molar-refractivity contribution in [2.24, 2.45) is 0 Å². The summed E-state index contributed by atoms with van der Waals surface area (Å²) >= 11 is 0. The number of rotatable bonds is 8. The molecule has 0 aromatic heterocycles. The number of nitrogens with zero attached hydrogens (tertiary/aromatic N) is 1. The van der Waals surface area contributed by atoms with Gasteiger partial charge in [0.05, 0.1) is 19.8 Å². The average molecular weight is 402 g/mol. The number of amides is 1. The Balaban J connectivity index is 0.000000893. The minimum Gasteiger partial charge on any atom is -0.449 e. The monoisotopic (exact) mass is 402 g/mol. The fourth-order valence-electron chi connectivity index (χ4n) is 2.17. The molecule has 6 nitrogen and oxygen atoms in total. The quantitative estimate of drug-likeness (QED) is 0.478. The number of hydrazine groups is 1. The van der Waals surface area contributed by atoms with Crippen molar-refractivity contribution in [3.63, 3.8) is 0 Å². The molecule has 0 heterocycles. The molecule has 0 spiro atoms. The second-order valence-corrected chi connectivity index (χ2v) is 5.34. The van der Waals surface area contributed by atoms with Crippen LogP contribution in [0.15, 0.2) is 0 Å². The molecule has 2 saturated carbocycles. The number of nitrogens with one attached hydrogen (secondary N) is 1. The van der Waals surface area contributed by atoms with Crippen LogP contribution in [0.2, 0.25) is 0 Å². The van der Waals surface area contributed by atoms with E-state index in [9.17, 15) is 9.59 Å². The first kappa shape index (κ1) is 25.4. The van der Waals surface area contributed by atoms with Gasteiger partial charge in [0.1, 0.15) is 5.78 Å². The van der Waals surface area contributed by atoms with Crippen molar-refractivity contribution in [3.8, 4) is 0 Å². The second kappa shape index (κ2) is 15.4. The molecule has 2 N–H and O–H groups in total. The normalized spacial score (nSPS) is 17.7. The van der Waals surface area contributed by atoms with Crippen LogP contribution in [0.25, 0.3) is 0 Å². The third kappa shape index (κ3) is 10.5. The molecule has 0 saturated heterocycles. The maximum atomic E-state index is 11.8. The molecule has 1 unspecified atom stereocenters. The number of aliphatic hydroxyl groups excluding tert-OH is 1. The molecule has 142 valence electrons. The van der Waals surface area contributed by atoms with Gasteiger partial charge < -0.3 is 9.84 Å². The van der Waals surface area contributed by atoms with Crippen molar-refractivity contribution in [3.05, 3.63) is 63.7 Å². The Morgan fingerprint density at radius 3 is 2.08 bits per heavy atom. The van der Waals surface area contributed by atoms with E-state index in [0.717, 1.165) is 5.92 Å². The molecule has 10 radical (unpaired) electrons. The maximum Gasteiger partial charge on any atom is 2.00 e. The van der Waals surface area contributed by atoms with E-state index in [4.69, 9.17) is 9.84 Å². The SMILES string of the molecule is CCOC(=O)N(CCO)NC(CC(C)=O)[C]1[CH][CH][CH][CH]1.[CH]1[CH][CH][CH][CH]1.[Fe+2]. The molecule has 0 aromatic rings. The van der Waals surface area contributed by atoms with Crippen molar-refractivity contribution in [1.29, 1.82) is 0 Å². The fourth-order valence-corrected chi connectivity index (χ4v) is 2.17. The van der Waals surface area contributed by atoms with E-state index in [1.165, 1.54) is 11.9 Å². The number of aliphatic hydroxyl groups is 1. The maximum absolute atomic E-state index is 11.8. The molecule has 2 aliphatic rings. The van der Waals surface area contributed by atoms with Gasteiger partial charge in [0.15, 0.2) is 0 Å². The van der Waals surface area contributed by atoms with E-state index in [-0.39, 0.29) is 55.1 Å². The topological polar surface area (TPSA) is 78.9 Å². The zero-order valence-corrected chi connectivity index (χ0v) is 16.2. The summed E-state index contributed by atoms with van der Waals surface area (Å²) in [5.41, 5.74) is 2.95. The van der Waals surface area contributed by atoms with Gasteiger partial charge in [-0.25, -0.2) is 15.2 Å². The van der Waals surface area contributed by atoms with Crippen LogP contribution in [0, 0.1) is 63.7 Å². The largest absolute Gasteiger partial charge is 2.00 e. The van der Waals surface area contributed by atoms with Gasteiger partial charge in [0.2, 0.25) is 0 Å². The van der Waals surface area contributed by atoms with Gasteiger partial charge in [-0.1, -0.05) is 0 Å². The number of carbonyl (C=O) groups is 2. The molecule has 2 rings (SSSR count). The zero-order valence-electron chi connectivity index (χ0n) is 15.1. The van der Waals surface area contributed by atoms with Gasteiger partial charge in [0.25, 0.3) is 0 Å². The van der Waals surface area contributed by atoms with Crippen molar-refractivity contribution >= 4 is 11.9 Å². The summed E-state index contributed by atoms with van der Waals surface area (Å²) in [7, 11) is 0. The van der Waals surface area contributed by atoms with Crippen LogP contribution in [0.1, 0.15) is 20.3 Å². The van der Waals surface area contributed by atoms with Crippen LogP contribution in [-0.4, -0.2) is 47.8 Å². The van der Waals surface area contributed by atoms with Gasteiger partial charge in [-0.3, -0.25) is 4.79 Å². The summed E-state index contributed by atoms with van der Waals surface area (Å²) in [5, 5.41) is 10.2. The Hall–Kier alpha value is -0.621. The van der Waals surface area contributed by atoms with Crippen LogP contribution in [0.5, 0.6) is 0 Å². The van der Waals surface area contributed by atoms with E-state index < -0.39 is 6.09 Å². The molecular weight excluding hydrogens is 376 g/mol. The van der Waals surface area contributed by atoms with Gasteiger partial charge in [-0.05, 0) is 71.6 Å². The predicted octanol–water partition coefficient (Wildman–Crippen LogP) is 1.71. The number of Topliss-reactive ketones (excluding diaryl/α,β-unsaturated/α-hetero) is 1. The molecule has 1 amide bonds. The first-order valence-corrected chi connectivity index (χ1v) is 8.27. The summed E-state index contributed by atoms with van der Waals surface area (Å²) < 4.78 is 4.91. The average Bonchev–Trinajstić information content (AvgIpc) is 3.29. The van der Waals surface area contributed by atoms with Crippen molar-refractivity contribution in [2.45, 2.75) is 26.3 Å². The summed E-state index contributed by atoms with van der Waals surface area (Å²) in [5.74, 6) is 0.920. The third-order valence-corrected chi connectivity index (χ3v) is 3.26. The van der Waals surface area contributed by atoms with E-state index in [1.807, 2.05) is 57.8 Å². The number of hydrogen-bond acceptors (Lipinski definition) is 5. The van der Waals surface area contributed by atoms with Gasteiger partial charge in [-0.2, -0.15) is 0 Å². The van der Waals surface area contributed by atoms with Crippen molar-refractivity contribution in [1.82, 2.24) is 10.4 Å². The molecular formula is C19H26FeN2O4+2. The molecule has 1 atom stereocenters. The Kier molecular flexibility index (Phi) is 15.1. The fraction of sp³-hybridized carbons (Fsp3) is 0.368. The predicted molar refractivity (Wildman–Crippen MR) is 95.0 cm³/mol. The Morgan fingerprint density at radius 1 is 1.12 bits per heavy atom. The first-order chi connectivity index (χ1) is 12.1. The van der Waals surface area contributed by atoms with Gasteiger partial charge in [-0.15, -0.1) is 0 Å². The number of carbonyl (C=O) groups excluding carboxylic acids is 2. The minimum absolute atomic E-state index is 0. The summed E-state index contributed by atoms with van der Waals surface area (Å²) in [6.45, 7) is 3.35. The smallest absolute Gasteiger partial charge is 0.449 e. The Labute approximate surface area is 168 Å². The van der Waals surface area contributed by atoms with E-state index >= 15 is 0 Å². The molecule has 0 bridgehead atoms. The zero-order chi connectivity index (χ0) is 18.5. The number of hydrogen-bond donors (Lipinski definition) is 2. The van der Waals surface area contributed by atoms with E-state index in [2.05, 4.69) is 5.43 Å². The second-order valence-electron chi connectivity index (χ2n) is 5.34. The minimum atomic E-state index is -0.568. The molecule has 2 fully saturated rings. The van der Waals surface area contributed by atoms with Crippen LogP contribution < -0.4 is 5.43 Å². The first-order valence-electron chi connectivity index (χ1n) is 8.27. The summed E-state index contributed by atoms with van der Waals surface area (Å²) in [6.07, 6.45) is 17.2.